The zero-order valence-corrected chi connectivity index (χ0v) is 14.3. The summed E-state index contributed by atoms with van der Waals surface area (Å²) >= 11 is 4.78. The van der Waals surface area contributed by atoms with Crippen molar-refractivity contribution >= 4 is 38.3 Å². The molecule has 0 fully saturated rings. The first-order chi connectivity index (χ1) is 9.32. The van der Waals surface area contributed by atoms with E-state index in [0.717, 1.165) is 5.69 Å². The summed E-state index contributed by atoms with van der Waals surface area (Å²) in [5, 5.41) is 9.54. The van der Waals surface area contributed by atoms with Crippen LogP contribution in [0.15, 0.2) is 16.0 Å². The topological polar surface area (TPSA) is 59.8 Å². The molecule has 7 heteroatoms. The van der Waals surface area contributed by atoms with Crippen molar-refractivity contribution in [2.24, 2.45) is 0 Å². The van der Waals surface area contributed by atoms with Crippen LogP contribution in [0, 0.1) is 0 Å². The number of anilines is 1. The summed E-state index contributed by atoms with van der Waals surface area (Å²) in [4.78, 5) is 16.8. The number of hydrogen-bond donors (Lipinski definition) is 1. The SMILES string of the molecule is CCn1ncc(Br)c1C(=O)Nc1nc(C(C)(C)C)cs1. The van der Waals surface area contributed by atoms with Gasteiger partial charge in [-0.25, -0.2) is 4.98 Å². The maximum absolute atomic E-state index is 12.3. The van der Waals surface area contributed by atoms with Gasteiger partial charge in [0, 0.05) is 17.3 Å². The minimum absolute atomic E-state index is 0.0226. The number of thiazole rings is 1. The number of nitrogens with zero attached hydrogens (tertiary/aromatic N) is 3. The summed E-state index contributed by atoms with van der Waals surface area (Å²) in [5.74, 6) is -0.203. The monoisotopic (exact) mass is 356 g/mol. The standard InChI is InChI=1S/C13H17BrN4OS/c1-5-18-10(8(14)6-15-18)11(19)17-12-16-9(7-20-12)13(2,3)4/h6-7H,5H2,1-4H3,(H,16,17,19). The molecule has 1 amide bonds. The zero-order valence-electron chi connectivity index (χ0n) is 11.9. The van der Waals surface area contributed by atoms with E-state index in [4.69, 9.17) is 0 Å². The summed E-state index contributed by atoms with van der Waals surface area (Å²) in [7, 11) is 0. The maximum Gasteiger partial charge on any atom is 0.276 e. The van der Waals surface area contributed by atoms with Crippen molar-refractivity contribution in [3.63, 3.8) is 0 Å². The molecule has 0 radical (unpaired) electrons. The first-order valence-electron chi connectivity index (χ1n) is 6.31. The fourth-order valence-corrected chi connectivity index (χ4v) is 3.07. The molecule has 0 saturated carbocycles. The van der Waals surface area contributed by atoms with Crippen LogP contribution in [0.4, 0.5) is 5.13 Å². The third-order valence-electron chi connectivity index (χ3n) is 2.80. The first-order valence-corrected chi connectivity index (χ1v) is 7.99. The van der Waals surface area contributed by atoms with E-state index in [1.807, 2.05) is 12.3 Å². The van der Waals surface area contributed by atoms with Crippen molar-refractivity contribution in [1.82, 2.24) is 14.8 Å². The Bertz CT molecular complexity index is 627. The Kier molecular flexibility index (Phi) is 4.29. The Labute approximate surface area is 130 Å². The molecule has 20 heavy (non-hydrogen) atoms. The van der Waals surface area contributed by atoms with Crippen LogP contribution in [0.3, 0.4) is 0 Å². The third kappa shape index (κ3) is 3.09. The molecular formula is C13H17BrN4OS. The fraction of sp³-hybridized carbons (Fsp3) is 0.462. The van der Waals surface area contributed by atoms with Gasteiger partial charge in [-0.3, -0.25) is 14.8 Å². The van der Waals surface area contributed by atoms with Gasteiger partial charge in [-0.15, -0.1) is 11.3 Å². The van der Waals surface area contributed by atoms with Gasteiger partial charge < -0.3 is 0 Å². The molecule has 2 rings (SSSR count). The first kappa shape index (κ1) is 15.2. The molecule has 0 aliphatic carbocycles. The van der Waals surface area contributed by atoms with Crippen LogP contribution >= 0.6 is 27.3 Å². The Morgan fingerprint density at radius 2 is 2.20 bits per heavy atom. The lowest BCUT2D eigenvalue weighted by atomic mass is 9.93. The quantitative estimate of drug-likeness (QED) is 0.912. The lowest BCUT2D eigenvalue weighted by Gasteiger charge is -2.14. The predicted octanol–water partition coefficient (Wildman–Crippen LogP) is 3.67. The predicted molar refractivity (Wildman–Crippen MR) is 84.4 cm³/mol. The highest BCUT2D eigenvalue weighted by molar-refractivity contribution is 9.10. The molecular weight excluding hydrogens is 340 g/mol. The second-order valence-corrected chi connectivity index (χ2v) is 7.11. The number of carbonyl (C=O) groups is 1. The van der Waals surface area contributed by atoms with Gasteiger partial charge >= 0.3 is 0 Å². The lowest BCUT2D eigenvalue weighted by Crippen LogP contribution is -2.18. The molecule has 0 atom stereocenters. The molecule has 2 heterocycles. The highest BCUT2D eigenvalue weighted by Crippen LogP contribution is 2.27. The van der Waals surface area contributed by atoms with Gasteiger partial charge in [-0.2, -0.15) is 5.10 Å². The van der Waals surface area contributed by atoms with Crippen LogP contribution < -0.4 is 5.32 Å². The highest BCUT2D eigenvalue weighted by Gasteiger charge is 2.20. The van der Waals surface area contributed by atoms with E-state index in [1.165, 1.54) is 11.3 Å². The van der Waals surface area contributed by atoms with E-state index in [0.29, 0.717) is 21.8 Å². The molecule has 0 aliphatic heterocycles. The minimum atomic E-state index is -0.203. The summed E-state index contributed by atoms with van der Waals surface area (Å²) in [6, 6.07) is 0. The lowest BCUT2D eigenvalue weighted by molar-refractivity contribution is 0.101. The van der Waals surface area contributed by atoms with Crippen LogP contribution in [-0.2, 0) is 12.0 Å². The van der Waals surface area contributed by atoms with E-state index in [2.05, 4.69) is 52.1 Å². The highest BCUT2D eigenvalue weighted by atomic mass is 79.9. The zero-order chi connectivity index (χ0) is 14.9. The summed E-state index contributed by atoms with van der Waals surface area (Å²) < 4.78 is 2.34. The molecule has 0 aliphatic rings. The second kappa shape index (κ2) is 5.65. The van der Waals surface area contributed by atoms with E-state index >= 15 is 0 Å². The Morgan fingerprint density at radius 1 is 1.50 bits per heavy atom. The number of halogens is 1. The van der Waals surface area contributed by atoms with E-state index < -0.39 is 0 Å². The number of carbonyl (C=O) groups excluding carboxylic acids is 1. The second-order valence-electron chi connectivity index (χ2n) is 5.40. The fourth-order valence-electron chi connectivity index (χ4n) is 1.66. The summed E-state index contributed by atoms with van der Waals surface area (Å²) in [6.07, 6.45) is 1.63. The van der Waals surface area contributed by atoms with E-state index in [9.17, 15) is 4.79 Å². The van der Waals surface area contributed by atoms with Crippen LogP contribution in [0.2, 0.25) is 0 Å². The van der Waals surface area contributed by atoms with Gasteiger partial charge in [-0.1, -0.05) is 20.8 Å². The van der Waals surface area contributed by atoms with Gasteiger partial charge in [0.25, 0.3) is 5.91 Å². The molecule has 1 N–H and O–H groups in total. The van der Waals surface area contributed by atoms with Gasteiger partial charge in [-0.05, 0) is 22.9 Å². The van der Waals surface area contributed by atoms with Crippen LogP contribution in [0.5, 0.6) is 0 Å². The normalized spacial score (nSPS) is 11.7. The number of aromatic nitrogens is 3. The molecule has 0 unspecified atom stereocenters. The molecule has 0 saturated heterocycles. The molecule has 2 aromatic heterocycles. The van der Waals surface area contributed by atoms with Crippen LogP contribution in [-0.4, -0.2) is 20.7 Å². The van der Waals surface area contributed by atoms with Gasteiger partial charge in [0.1, 0.15) is 5.69 Å². The van der Waals surface area contributed by atoms with Crippen molar-refractivity contribution in [2.75, 3.05) is 5.32 Å². The maximum atomic E-state index is 12.3. The number of rotatable bonds is 3. The molecule has 5 nitrogen and oxygen atoms in total. The van der Waals surface area contributed by atoms with Gasteiger partial charge in [0.05, 0.1) is 16.4 Å². The molecule has 0 spiro atoms. The van der Waals surface area contributed by atoms with Crippen molar-refractivity contribution in [3.05, 3.63) is 27.4 Å². The smallest absolute Gasteiger partial charge is 0.276 e. The van der Waals surface area contributed by atoms with Gasteiger partial charge in [0.15, 0.2) is 5.13 Å². The van der Waals surface area contributed by atoms with Crippen molar-refractivity contribution in [1.29, 1.82) is 0 Å². The third-order valence-corrected chi connectivity index (χ3v) is 4.14. The van der Waals surface area contributed by atoms with Gasteiger partial charge in [0.2, 0.25) is 0 Å². The number of hydrogen-bond acceptors (Lipinski definition) is 4. The average molecular weight is 357 g/mol. The number of nitrogens with one attached hydrogen (secondary N) is 1. The molecule has 108 valence electrons. The van der Waals surface area contributed by atoms with Crippen LogP contribution in [0.1, 0.15) is 43.9 Å². The van der Waals surface area contributed by atoms with Crippen molar-refractivity contribution in [3.8, 4) is 0 Å². The van der Waals surface area contributed by atoms with Crippen molar-refractivity contribution in [2.45, 2.75) is 39.7 Å². The van der Waals surface area contributed by atoms with Crippen LogP contribution in [0.25, 0.3) is 0 Å². The average Bonchev–Trinajstić information content (AvgIpc) is 2.94. The summed E-state index contributed by atoms with van der Waals surface area (Å²) in [6.45, 7) is 8.86. The molecule has 2 aromatic rings. The molecule has 0 aromatic carbocycles. The Hall–Kier alpha value is -1.21. The minimum Gasteiger partial charge on any atom is -0.296 e. The van der Waals surface area contributed by atoms with Crippen molar-refractivity contribution < 1.29 is 4.79 Å². The Balaban J connectivity index is 2.20. The van der Waals surface area contributed by atoms with E-state index in [-0.39, 0.29) is 11.3 Å². The molecule has 0 bridgehead atoms. The number of amides is 1. The Morgan fingerprint density at radius 3 is 2.75 bits per heavy atom. The largest absolute Gasteiger partial charge is 0.296 e. The number of aryl methyl sites for hydroxylation is 1. The van der Waals surface area contributed by atoms with E-state index in [1.54, 1.807) is 10.9 Å². The summed E-state index contributed by atoms with van der Waals surface area (Å²) in [5.41, 5.74) is 1.46.